The van der Waals surface area contributed by atoms with Crippen LogP contribution in [0, 0.1) is 11.3 Å². The zero-order valence-electron chi connectivity index (χ0n) is 17.0. The summed E-state index contributed by atoms with van der Waals surface area (Å²) in [6, 6.07) is 6.04. The van der Waals surface area contributed by atoms with Crippen LogP contribution in [-0.2, 0) is 14.6 Å². The van der Waals surface area contributed by atoms with Gasteiger partial charge < -0.3 is 15.3 Å². The minimum absolute atomic E-state index is 0.0433. The number of benzene rings is 1. The Morgan fingerprint density at radius 2 is 1.86 bits per heavy atom. The summed E-state index contributed by atoms with van der Waals surface area (Å²) in [6.45, 7) is 10.5. The SMILES string of the molecule is CC(C)CCN1C(=O)C(C2=CS(=O)(=O)c3ccccc3N2)=C(O)[C@@H]1C(C)(C)C. The fourth-order valence-electron chi connectivity index (χ4n) is 3.75. The van der Waals surface area contributed by atoms with Gasteiger partial charge in [-0.1, -0.05) is 46.8 Å². The molecule has 0 aliphatic carbocycles. The van der Waals surface area contributed by atoms with E-state index in [9.17, 15) is 18.3 Å². The summed E-state index contributed by atoms with van der Waals surface area (Å²) < 4.78 is 25.4. The first kappa shape index (κ1) is 20.5. The van der Waals surface area contributed by atoms with Crippen molar-refractivity contribution in [3.8, 4) is 0 Å². The van der Waals surface area contributed by atoms with E-state index in [4.69, 9.17) is 0 Å². The summed E-state index contributed by atoms with van der Waals surface area (Å²) in [4.78, 5) is 15.1. The second kappa shape index (κ2) is 6.95. The number of carbonyl (C=O) groups excluding carboxylic acids is 1. The lowest BCUT2D eigenvalue weighted by molar-refractivity contribution is -0.128. The van der Waals surface area contributed by atoms with E-state index in [0.717, 1.165) is 11.8 Å². The highest BCUT2D eigenvalue weighted by Crippen LogP contribution is 2.41. The molecule has 28 heavy (non-hydrogen) atoms. The summed E-state index contributed by atoms with van der Waals surface area (Å²) in [7, 11) is -3.71. The minimum atomic E-state index is -3.71. The molecule has 6 nitrogen and oxygen atoms in total. The Hall–Kier alpha value is -2.28. The van der Waals surface area contributed by atoms with Gasteiger partial charge in [0.1, 0.15) is 11.3 Å². The Balaban J connectivity index is 2.07. The molecule has 0 saturated carbocycles. The van der Waals surface area contributed by atoms with E-state index in [-0.39, 0.29) is 27.8 Å². The van der Waals surface area contributed by atoms with Gasteiger partial charge >= 0.3 is 0 Å². The van der Waals surface area contributed by atoms with E-state index in [2.05, 4.69) is 19.2 Å². The molecule has 0 saturated heterocycles. The van der Waals surface area contributed by atoms with Gasteiger partial charge in [0.25, 0.3) is 5.91 Å². The fraction of sp³-hybridized carbons (Fsp3) is 0.476. The maximum Gasteiger partial charge on any atom is 0.260 e. The number of carbonyl (C=O) groups is 1. The molecule has 2 heterocycles. The number of aliphatic hydroxyl groups excluding tert-OH is 1. The minimum Gasteiger partial charge on any atom is -0.509 e. The molecule has 7 heteroatoms. The number of anilines is 1. The third kappa shape index (κ3) is 3.55. The number of amides is 1. The molecule has 2 aliphatic rings. The number of para-hydroxylation sites is 1. The molecular weight excluding hydrogens is 376 g/mol. The van der Waals surface area contributed by atoms with Crippen molar-refractivity contribution in [1.82, 2.24) is 4.90 Å². The van der Waals surface area contributed by atoms with Crippen molar-refractivity contribution in [3.63, 3.8) is 0 Å². The molecule has 3 rings (SSSR count). The normalized spacial score (nSPS) is 21.6. The molecular formula is C21H28N2O4S. The summed E-state index contributed by atoms with van der Waals surface area (Å²) in [5.41, 5.74) is 0.176. The second-order valence-electron chi connectivity index (χ2n) is 8.91. The molecule has 1 aromatic carbocycles. The number of aliphatic hydroxyl groups is 1. The predicted molar refractivity (Wildman–Crippen MR) is 109 cm³/mol. The zero-order valence-corrected chi connectivity index (χ0v) is 17.8. The highest BCUT2D eigenvalue weighted by Gasteiger charge is 2.47. The predicted octanol–water partition coefficient (Wildman–Crippen LogP) is 3.84. The summed E-state index contributed by atoms with van der Waals surface area (Å²) in [5.74, 6) is -0.0140. The van der Waals surface area contributed by atoms with Crippen molar-refractivity contribution < 1.29 is 18.3 Å². The lowest BCUT2D eigenvalue weighted by Gasteiger charge is -2.35. The average molecular weight is 405 g/mol. The van der Waals surface area contributed by atoms with E-state index in [1.54, 1.807) is 23.1 Å². The number of nitrogens with one attached hydrogen (secondary N) is 1. The first-order valence-corrected chi connectivity index (χ1v) is 11.1. The van der Waals surface area contributed by atoms with Gasteiger partial charge in [0, 0.05) is 6.54 Å². The first-order valence-electron chi connectivity index (χ1n) is 9.51. The Morgan fingerprint density at radius 1 is 1.21 bits per heavy atom. The second-order valence-corrected chi connectivity index (χ2v) is 10.7. The van der Waals surface area contributed by atoms with Gasteiger partial charge in [-0.05, 0) is 29.9 Å². The molecule has 0 bridgehead atoms. The maximum absolute atomic E-state index is 13.2. The fourth-order valence-corrected chi connectivity index (χ4v) is 5.05. The van der Waals surface area contributed by atoms with Gasteiger partial charge in [-0.15, -0.1) is 0 Å². The van der Waals surface area contributed by atoms with Crippen LogP contribution in [0.1, 0.15) is 41.0 Å². The number of hydrogen-bond acceptors (Lipinski definition) is 5. The van der Waals surface area contributed by atoms with Crippen LogP contribution in [0.4, 0.5) is 5.69 Å². The number of nitrogens with zero attached hydrogens (tertiary/aromatic N) is 1. The monoisotopic (exact) mass is 404 g/mol. The van der Waals surface area contributed by atoms with Crippen LogP contribution in [0.25, 0.3) is 0 Å². The third-order valence-corrected chi connectivity index (χ3v) is 6.59. The van der Waals surface area contributed by atoms with E-state index in [1.807, 2.05) is 20.8 Å². The summed E-state index contributed by atoms with van der Waals surface area (Å²) >= 11 is 0. The van der Waals surface area contributed by atoms with E-state index in [0.29, 0.717) is 18.2 Å². The van der Waals surface area contributed by atoms with Gasteiger partial charge in [0.15, 0.2) is 0 Å². The van der Waals surface area contributed by atoms with Crippen molar-refractivity contribution in [2.45, 2.75) is 52.0 Å². The van der Waals surface area contributed by atoms with Crippen molar-refractivity contribution in [3.05, 3.63) is 46.7 Å². The quantitative estimate of drug-likeness (QED) is 0.796. The Kier molecular flexibility index (Phi) is 5.08. The molecule has 1 atom stereocenters. The highest BCUT2D eigenvalue weighted by molar-refractivity contribution is 7.94. The number of sulfone groups is 1. The van der Waals surface area contributed by atoms with E-state index >= 15 is 0 Å². The molecule has 0 unspecified atom stereocenters. The van der Waals surface area contributed by atoms with Gasteiger partial charge in [-0.25, -0.2) is 8.42 Å². The van der Waals surface area contributed by atoms with Crippen LogP contribution in [0.3, 0.4) is 0 Å². The molecule has 0 aromatic heterocycles. The molecule has 1 aromatic rings. The first-order chi connectivity index (χ1) is 12.9. The zero-order chi connectivity index (χ0) is 20.9. The van der Waals surface area contributed by atoms with Crippen LogP contribution in [0.15, 0.2) is 51.6 Å². The van der Waals surface area contributed by atoms with Gasteiger partial charge in [-0.2, -0.15) is 0 Å². The van der Waals surface area contributed by atoms with Crippen LogP contribution < -0.4 is 5.32 Å². The Bertz CT molecular complexity index is 968. The topological polar surface area (TPSA) is 86.7 Å². The highest BCUT2D eigenvalue weighted by atomic mass is 32.2. The smallest absolute Gasteiger partial charge is 0.260 e. The van der Waals surface area contributed by atoms with Crippen molar-refractivity contribution >= 4 is 21.4 Å². The van der Waals surface area contributed by atoms with Crippen LogP contribution in [0.5, 0.6) is 0 Å². The van der Waals surface area contributed by atoms with Gasteiger partial charge in [-0.3, -0.25) is 4.79 Å². The van der Waals surface area contributed by atoms with Crippen molar-refractivity contribution in [2.75, 3.05) is 11.9 Å². The average Bonchev–Trinajstić information content (AvgIpc) is 2.82. The Labute approximate surface area is 166 Å². The lowest BCUT2D eigenvalue weighted by Crippen LogP contribution is -2.44. The summed E-state index contributed by atoms with van der Waals surface area (Å²) in [5, 5.41) is 15.1. The van der Waals surface area contributed by atoms with Crippen LogP contribution in [0.2, 0.25) is 0 Å². The van der Waals surface area contributed by atoms with Gasteiger partial charge in [0.2, 0.25) is 9.84 Å². The molecule has 0 radical (unpaired) electrons. The Morgan fingerprint density at radius 3 is 2.46 bits per heavy atom. The molecule has 1 amide bonds. The van der Waals surface area contributed by atoms with Crippen LogP contribution >= 0.6 is 0 Å². The third-order valence-electron chi connectivity index (χ3n) is 5.07. The standard InChI is InChI=1S/C21H28N2O4S/c1-13(2)10-11-23-19(21(3,4)5)18(24)17(20(23)25)15-12-28(26,27)16-9-7-6-8-14(16)22-15/h6-9,12-13,19,22,24H,10-11H2,1-5H3/t19-/m1/s1. The number of rotatable bonds is 4. The lowest BCUT2D eigenvalue weighted by atomic mass is 9.85. The van der Waals surface area contributed by atoms with Crippen molar-refractivity contribution in [1.29, 1.82) is 0 Å². The maximum atomic E-state index is 13.2. The number of hydrogen-bond donors (Lipinski definition) is 2. The molecule has 0 spiro atoms. The largest absolute Gasteiger partial charge is 0.509 e. The summed E-state index contributed by atoms with van der Waals surface area (Å²) in [6.07, 6.45) is 0.798. The van der Waals surface area contributed by atoms with Crippen molar-refractivity contribution in [2.24, 2.45) is 11.3 Å². The van der Waals surface area contributed by atoms with E-state index < -0.39 is 21.3 Å². The van der Waals surface area contributed by atoms with Gasteiger partial charge in [0.05, 0.1) is 27.7 Å². The van der Waals surface area contributed by atoms with Crippen LogP contribution in [-0.4, -0.2) is 36.9 Å². The molecule has 0 fully saturated rings. The van der Waals surface area contributed by atoms with E-state index in [1.165, 1.54) is 6.07 Å². The molecule has 2 aliphatic heterocycles. The number of fused-ring (bicyclic) bond motifs is 1. The molecule has 152 valence electrons. The molecule has 2 N–H and O–H groups in total.